The summed E-state index contributed by atoms with van der Waals surface area (Å²) in [6.07, 6.45) is 2.94. The molecule has 2 aromatic rings. The minimum absolute atomic E-state index is 0.110. The molecule has 1 amide bonds. The maximum atomic E-state index is 11.9. The number of rotatable bonds is 2. The van der Waals surface area contributed by atoms with Crippen LogP contribution >= 0.6 is 23.2 Å². The van der Waals surface area contributed by atoms with Crippen LogP contribution in [0.4, 0.5) is 5.69 Å². The van der Waals surface area contributed by atoms with Crippen molar-refractivity contribution in [1.29, 1.82) is 0 Å². The first kappa shape index (κ1) is 12.7. The third kappa shape index (κ3) is 2.72. The zero-order valence-electron chi connectivity index (χ0n) is 9.02. The van der Waals surface area contributed by atoms with E-state index in [1.807, 2.05) is 0 Å². The Hall–Kier alpha value is -1.78. The second kappa shape index (κ2) is 5.25. The summed E-state index contributed by atoms with van der Waals surface area (Å²) < 4.78 is 0. The van der Waals surface area contributed by atoms with Crippen LogP contribution in [-0.4, -0.2) is 16.0 Å². The Labute approximate surface area is 113 Å². The highest BCUT2D eigenvalue weighted by Gasteiger charge is 2.12. The molecule has 0 aliphatic rings. The van der Waals surface area contributed by atoms with E-state index >= 15 is 0 Å². The summed E-state index contributed by atoms with van der Waals surface area (Å²) in [4.78, 5) is 15.7. The average Bonchev–Trinajstić information content (AvgIpc) is 2.32. The van der Waals surface area contributed by atoms with Gasteiger partial charge in [-0.2, -0.15) is 0 Å². The van der Waals surface area contributed by atoms with Crippen molar-refractivity contribution in [3.63, 3.8) is 0 Å². The standard InChI is InChI=1S/C12H8Cl2N2O2/c13-7-1-2-8(11(17)5-7)12(18)16-10-6-15-4-3-9(10)14/h1-6,17H,(H,16,18). The van der Waals surface area contributed by atoms with E-state index in [-0.39, 0.29) is 11.3 Å². The molecular weight excluding hydrogens is 275 g/mol. The van der Waals surface area contributed by atoms with Crippen molar-refractivity contribution >= 4 is 34.8 Å². The molecular formula is C12H8Cl2N2O2. The molecule has 0 spiro atoms. The molecule has 0 unspecified atom stereocenters. The van der Waals surface area contributed by atoms with Gasteiger partial charge in [-0.1, -0.05) is 23.2 Å². The number of carbonyl (C=O) groups excluding carboxylic acids is 1. The second-order valence-corrected chi connectivity index (χ2v) is 4.31. The normalized spacial score (nSPS) is 10.1. The molecule has 1 aromatic heterocycles. The van der Waals surface area contributed by atoms with Gasteiger partial charge in [-0.15, -0.1) is 0 Å². The first-order chi connectivity index (χ1) is 8.58. The lowest BCUT2D eigenvalue weighted by atomic mass is 10.2. The highest BCUT2D eigenvalue weighted by molar-refractivity contribution is 6.34. The zero-order chi connectivity index (χ0) is 13.1. The number of anilines is 1. The molecule has 0 fully saturated rings. The van der Waals surface area contributed by atoms with Gasteiger partial charge in [0.1, 0.15) is 5.75 Å². The van der Waals surface area contributed by atoms with E-state index in [2.05, 4.69) is 10.3 Å². The van der Waals surface area contributed by atoms with Gasteiger partial charge in [0.15, 0.2) is 0 Å². The van der Waals surface area contributed by atoms with E-state index in [0.29, 0.717) is 15.7 Å². The van der Waals surface area contributed by atoms with Gasteiger partial charge in [0, 0.05) is 11.2 Å². The van der Waals surface area contributed by atoms with Crippen molar-refractivity contribution in [2.24, 2.45) is 0 Å². The van der Waals surface area contributed by atoms with Gasteiger partial charge >= 0.3 is 0 Å². The van der Waals surface area contributed by atoms with E-state index in [0.717, 1.165) is 0 Å². The first-order valence-electron chi connectivity index (χ1n) is 4.97. The number of amides is 1. The Morgan fingerprint density at radius 1 is 1.28 bits per heavy atom. The summed E-state index contributed by atoms with van der Waals surface area (Å²) in [5, 5.41) is 12.9. The smallest absolute Gasteiger partial charge is 0.259 e. The molecule has 1 aromatic carbocycles. The number of carbonyl (C=O) groups is 1. The number of nitrogens with zero attached hydrogens (tertiary/aromatic N) is 1. The molecule has 0 aliphatic heterocycles. The summed E-state index contributed by atoms with van der Waals surface area (Å²) in [6, 6.07) is 5.79. The van der Waals surface area contributed by atoms with Crippen molar-refractivity contribution in [2.45, 2.75) is 0 Å². The van der Waals surface area contributed by atoms with Gasteiger partial charge in [-0.25, -0.2) is 0 Å². The second-order valence-electron chi connectivity index (χ2n) is 3.47. The van der Waals surface area contributed by atoms with E-state index < -0.39 is 5.91 Å². The first-order valence-corrected chi connectivity index (χ1v) is 5.73. The van der Waals surface area contributed by atoms with Crippen LogP contribution in [0.15, 0.2) is 36.7 Å². The lowest BCUT2D eigenvalue weighted by Gasteiger charge is -2.07. The minimum atomic E-state index is -0.487. The van der Waals surface area contributed by atoms with E-state index in [1.165, 1.54) is 30.6 Å². The van der Waals surface area contributed by atoms with E-state index in [4.69, 9.17) is 23.2 Å². The maximum Gasteiger partial charge on any atom is 0.259 e. The number of aromatic hydroxyl groups is 1. The predicted octanol–water partition coefficient (Wildman–Crippen LogP) is 3.35. The SMILES string of the molecule is O=C(Nc1cnccc1Cl)c1ccc(Cl)cc1O. The molecule has 0 saturated carbocycles. The molecule has 0 bridgehead atoms. The van der Waals surface area contributed by atoms with Crippen LogP contribution in [0.2, 0.25) is 10.0 Å². The largest absolute Gasteiger partial charge is 0.507 e. The van der Waals surface area contributed by atoms with E-state index in [9.17, 15) is 9.90 Å². The lowest BCUT2D eigenvalue weighted by molar-refractivity contribution is 0.102. The third-order valence-electron chi connectivity index (χ3n) is 2.22. The van der Waals surface area contributed by atoms with Gasteiger partial charge < -0.3 is 10.4 Å². The molecule has 0 aliphatic carbocycles. The summed E-state index contributed by atoms with van der Waals surface area (Å²) in [5.41, 5.74) is 0.484. The Balaban J connectivity index is 2.25. The number of aromatic nitrogens is 1. The Morgan fingerprint density at radius 3 is 2.72 bits per heavy atom. The van der Waals surface area contributed by atoms with Crippen LogP contribution in [0.1, 0.15) is 10.4 Å². The number of nitrogens with one attached hydrogen (secondary N) is 1. The molecule has 1 heterocycles. The van der Waals surface area contributed by atoms with E-state index in [1.54, 1.807) is 6.07 Å². The molecule has 4 nitrogen and oxygen atoms in total. The number of phenolic OH excluding ortho intramolecular Hbond substituents is 1. The number of hydrogen-bond acceptors (Lipinski definition) is 3. The van der Waals surface area contributed by atoms with Crippen LogP contribution in [0.25, 0.3) is 0 Å². The summed E-state index contributed by atoms with van der Waals surface area (Å²) in [7, 11) is 0. The van der Waals surface area contributed by atoms with Gasteiger partial charge in [0.05, 0.1) is 22.5 Å². The third-order valence-corrected chi connectivity index (χ3v) is 2.79. The molecule has 0 radical (unpaired) electrons. The Kier molecular flexibility index (Phi) is 3.69. The monoisotopic (exact) mass is 282 g/mol. The summed E-state index contributed by atoms with van der Waals surface area (Å²) in [6.45, 7) is 0. The molecule has 2 rings (SSSR count). The van der Waals surface area contributed by atoms with Crippen molar-refractivity contribution in [3.8, 4) is 5.75 Å². The Morgan fingerprint density at radius 2 is 2.06 bits per heavy atom. The fourth-order valence-corrected chi connectivity index (χ4v) is 1.67. The Bertz CT molecular complexity index is 602. The molecule has 92 valence electrons. The number of benzene rings is 1. The van der Waals surface area contributed by atoms with Crippen LogP contribution in [0, 0.1) is 0 Å². The fraction of sp³-hybridized carbons (Fsp3) is 0. The minimum Gasteiger partial charge on any atom is -0.507 e. The molecule has 0 atom stereocenters. The quantitative estimate of drug-likeness (QED) is 0.888. The molecule has 18 heavy (non-hydrogen) atoms. The number of hydrogen-bond donors (Lipinski definition) is 2. The lowest BCUT2D eigenvalue weighted by Crippen LogP contribution is -2.12. The van der Waals surface area contributed by atoms with Crippen LogP contribution in [-0.2, 0) is 0 Å². The summed E-state index contributed by atoms with van der Waals surface area (Å²) in [5.74, 6) is -0.681. The van der Waals surface area contributed by atoms with Crippen molar-refractivity contribution in [2.75, 3.05) is 5.32 Å². The van der Waals surface area contributed by atoms with Crippen molar-refractivity contribution in [1.82, 2.24) is 4.98 Å². The van der Waals surface area contributed by atoms with Gasteiger partial charge in [0.25, 0.3) is 5.91 Å². The molecule has 2 N–H and O–H groups in total. The zero-order valence-corrected chi connectivity index (χ0v) is 10.5. The highest BCUT2D eigenvalue weighted by atomic mass is 35.5. The number of halogens is 2. The predicted molar refractivity (Wildman–Crippen MR) is 70.3 cm³/mol. The number of pyridine rings is 1. The van der Waals surface area contributed by atoms with Crippen LogP contribution < -0.4 is 5.32 Å². The van der Waals surface area contributed by atoms with Crippen LogP contribution in [0.3, 0.4) is 0 Å². The van der Waals surface area contributed by atoms with Crippen molar-refractivity contribution in [3.05, 3.63) is 52.3 Å². The number of phenols is 1. The van der Waals surface area contributed by atoms with Crippen LogP contribution in [0.5, 0.6) is 5.75 Å². The summed E-state index contributed by atoms with van der Waals surface area (Å²) >= 11 is 11.6. The fourth-order valence-electron chi connectivity index (χ4n) is 1.36. The maximum absolute atomic E-state index is 11.9. The van der Waals surface area contributed by atoms with Gasteiger partial charge in [-0.3, -0.25) is 9.78 Å². The molecule has 6 heteroatoms. The average molecular weight is 283 g/mol. The van der Waals surface area contributed by atoms with Gasteiger partial charge in [0.2, 0.25) is 0 Å². The van der Waals surface area contributed by atoms with Gasteiger partial charge in [-0.05, 0) is 24.3 Å². The topological polar surface area (TPSA) is 62.2 Å². The molecule has 0 saturated heterocycles. The van der Waals surface area contributed by atoms with Crippen molar-refractivity contribution < 1.29 is 9.90 Å². The highest BCUT2D eigenvalue weighted by Crippen LogP contribution is 2.24.